The summed E-state index contributed by atoms with van der Waals surface area (Å²) in [6.07, 6.45) is 3.65. The standard InChI is InChI=1S/C18H12N2O4/c1-19-15(21)11-3-7-8(4-12(11)16(19)22)10-6-14-13(5-9(7)10)17(23)20(2)18(14)24/h3-8H,1-2H3. The van der Waals surface area contributed by atoms with Crippen molar-refractivity contribution in [3.63, 3.8) is 0 Å². The quantitative estimate of drug-likeness (QED) is 0.667. The van der Waals surface area contributed by atoms with Gasteiger partial charge in [0.1, 0.15) is 0 Å². The van der Waals surface area contributed by atoms with Gasteiger partial charge in [0, 0.05) is 37.1 Å². The number of rotatable bonds is 0. The minimum absolute atomic E-state index is 0.0268. The van der Waals surface area contributed by atoms with Gasteiger partial charge in [-0.1, -0.05) is 12.2 Å². The van der Waals surface area contributed by atoms with Crippen LogP contribution in [0.25, 0.3) is 0 Å². The van der Waals surface area contributed by atoms with Crippen molar-refractivity contribution in [2.75, 3.05) is 14.1 Å². The van der Waals surface area contributed by atoms with Gasteiger partial charge in [0.15, 0.2) is 0 Å². The van der Waals surface area contributed by atoms with Crippen molar-refractivity contribution < 1.29 is 19.2 Å². The van der Waals surface area contributed by atoms with Crippen LogP contribution in [0.3, 0.4) is 0 Å². The van der Waals surface area contributed by atoms with Crippen LogP contribution >= 0.6 is 0 Å². The molecule has 2 unspecified atom stereocenters. The fourth-order valence-electron chi connectivity index (χ4n) is 4.06. The third-order valence-corrected chi connectivity index (χ3v) is 5.45. The summed E-state index contributed by atoms with van der Waals surface area (Å²) in [6.45, 7) is 0. The molecule has 0 radical (unpaired) electrons. The van der Waals surface area contributed by atoms with Crippen LogP contribution in [0.2, 0.25) is 0 Å². The van der Waals surface area contributed by atoms with E-state index in [1.54, 1.807) is 12.1 Å². The van der Waals surface area contributed by atoms with Gasteiger partial charge >= 0.3 is 0 Å². The molecular weight excluding hydrogens is 308 g/mol. The average molecular weight is 320 g/mol. The fraction of sp³-hybridized carbons (Fsp3) is 0.222. The van der Waals surface area contributed by atoms with Crippen molar-refractivity contribution in [1.29, 1.82) is 0 Å². The van der Waals surface area contributed by atoms with Gasteiger partial charge in [-0.3, -0.25) is 29.0 Å². The lowest BCUT2D eigenvalue weighted by Crippen LogP contribution is -2.26. The van der Waals surface area contributed by atoms with E-state index in [2.05, 4.69) is 0 Å². The second kappa shape index (κ2) is 3.90. The molecule has 0 spiro atoms. The number of fused-ring (bicyclic) bond motifs is 6. The minimum atomic E-state index is -0.298. The van der Waals surface area contributed by atoms with Crippen LogP contribution in [0, 0.1) is 0 Å². The zero-order valence-corrected chi connectivity index (χ0v) is 13.0. The maximum Gasteiger partial charge on any atom is 0.261 e. The average Bonchev–Trinajstić information content (AvgIpc) is 2.92. The highest BCUT2D eigenvalue weighted by Gasteiger charge is 2.47. The van der Waals surface area contributed by atoms with Gasteiger partial charge in [0.2, 0.25) is 0 Å². The first-order valence-electron chi connectivity index (χ1n) is 7.66. The molecule has 0 saturated carbocycles. The number of hydrogen-bond donors (Lipinski definition) is 0. The van der Waals surface area contributed by atoms with E-state index in [0.717, 1.165) is 20.9 Å². The third-order valence-electron chi connectivity index (χ3n) is 5.45. The molecule has 1 saturated heterocycles. The van der Waals surface area contributed by atoms with Crippen LogP contribution in [0.4, 0.5) is 0 Å². The van der Waals surface area contributed by atoms with E-state index in [1.807, 2.05) is 12.2 Å². The maximum atomic E-state index is 12.2. The van der Waals surface area contributed by atoms with Crippen molar-refractivity contribution in [3.8, 4) is 0 Å². The van der Waals surface area contributed by atoms with Crippen molar-refractivity contribution >= 4 is 23.6 Å². The zero-order valence-electron chi connectivity index (χ0n) is 13.0. The molecule has 2 aliphatic heterocycles. The van der Waals surface area contributed by atoms with Crippen LogP contribution in [0.1, 0.15) is 43.7 Å². The smallest absolute Gasteiger partial charge is 0.261 e. The number of amides is 4. The van der Waals surface area contributed by atoms with Gasteiger partial charge in [-0.2, -0.15) is 0 Å². The Morgan fingerprint density at radius 3 is 1.46 bits per heavy atom. The molecule has 2 aliphatic carbocycles. The number of allylic oxidation sites excluding steroid dienone is 2. The summed E-state index contributed by atoms with van der Waals surface area (Å²) >= 11 is 0. The molecule has 4 amide bonds. The highest BCUT2D eigenvalue weighted by molar-refractivity contribution is 6.25. The Balaban J connectivity index is 1.67. The summed E-state index contributed by atoms with van der Waals surface area (Å²) in [5.41, 5.74) is 3.61. The topological polar surface area (TPSA) is 74.8 Å². The van der Waals surface area contributed by atoms with Crippen LogP contribution in [0.5, 0.6) is 0 Å². The molecule has 6 nitrogen and oxygen atoms in total. The van der Waals surface area contributed by atoms with Crippen molar-refractivity contribution in [2.45, 2.75) is 11.8 Å². The van der Waals surface area contributed by atoms with Crippen LogP contribution < -0.4 is 0 Å². The van der Waals surface area contributed by atoms with Gasteiger partial charge in [-0.25, -0.2) is 0 Å². The normalized spacial score (nSPS) is 26.6. The van der Waals surface area contributed by atoms with E-state index in [1.165, 1.54) is 14.1 Å². The molecule has 118 valence electrons. The molecule has 6 heteroatoms. The molecule has 1 aromatic rings. The van der Waals surface area contributed by atoms with Gasteiger partial charge in [0.05, 0.1) is 11.1 Å². The summed E-state index contributed by atoms with van der Waals surface area (Å²) < 4.78 is 0. The lowest BCUT2D eigenvalue weighted by Gasteiger charge is -2.39. The summed E-state index contributed by atoms with van der Waals surface area (Å²) in [4.78, 5) is 50.8. The zero-order chi connectivity index (χ0) is 16.9. The van der Waals surface area contributed by atoms with Gasteiger partial charge < -0.3 is 0 Å². The summed E-state index contributed by atoms with van der Waals surface area (Å²) in [5, 5.41) is 0. The Labute approximate surface area is 137 Å². The first kappa shape index (κ1) is 13.4. The number of carbonyl (C=O) groups is 4. The molecule has 1 aromatic carbocycles. The Kier molecular flexibility index (Phi) is 2.18. The fourth-order valence-corrected chi connectivity index (χ4v) is 4.06. The molecule has 2 atom stereocenters. The summed E-state index contributed by atoms with van der Waals surface area (Å²) in [7, 11) is 2.94. The monoisotopic (exact) mass is 320 g/mol. The van der Waals surface area contributed by atoms with E-state index >= 15 is 0 Å². The Hall–Kier alpha value is -3.02. The summed E-state index contributed by atoms with van der Waals surface area (Å²) in [6, 6.07) is 3.52. The predicted molar refractivity (Wildman–Crippen MR) is 82.3 cm³/mol. The van der Waals surface area contributed by atoms with Crippen molar-refractivity contribution in [1.82, 2.24) is 9.80 Å². The summed E-state index contributed by atoms with van der Waals surface area (Å²) in [5.74, 6) is -1.22. The molecule has 24 heavy (non-hydrogen) atoms. The van der Waals surface area contributed by atoms with E-state index in [9.17, 15) is 19.2 Å². The van der Waals surface area contributed by atoms with Crippen molar-refractivity contribution in [3.05, 3.63) is 57.7 Å². The molecular formula is C18H12N2O4. The Morgan fingerprint density at radius 2 is 1.04 bits per heavy atom. The third kappa shape index (κ3) is 1.29. The lowest BCUT2D eigenvalue weighted by atomic mass is 9.63. The van der Waals surface area contributed by atoms with Crippen molar-refractivity contribution in [2.24, 2.45) is 0 Å². The highest BCUT2D eigenvalue weighted by Crippen LogP contribution is 2.54. The van der Waals surface area contributed by atoms with E-state index in [-0.39, 0.29) is 35.5 Å². The highest BCUT2D eigenvalue weighted by atomic mass is 16.2. The molecule has 1 fully saturated rings. The lowest BCUT2D eigenvalue weighted by molar-refractivity contribution is -0.134. The second-order valence-electron chi connectivity index (χ2n) is 6.58. The first-order valence-corrected chi connectivity index (χ1v) is 7.66. The molecule has 0 bridgehead atoms. The molecule has 0 N–H and O–H groups in total. The Morgan fingerprint density at radius 1 is 0.667 bits per heavy atom. The van der Waals surface area contributed by atoms with Crippen LogP contribution in [0.15, 0.2) is 35.4 Å². The number of carbonyl (C=O) groups excluding carboxylic acids is 4. The molecule has 4 aliphatic rings. The minimum Gasteiger partial charge on any atom is -0.277 e. The number of nitrogens with zero attached hydrogens (tertiary/aromatic N) is 2. The van der Waals surface area contributed by atoms with Gasteiger partial charge in [-0.05, 0) is 23.3 Å². The predicted octanol–water partition coefficient (Wildman–Crippen LogP) is 0.958. The second-order valence-corrected chi connectivity index (χ2v) is 6.58. The number of likely N-dealkylation sites (N-methyl/N-ethyl adjacent to an activating group) is 1. The van der Waals surface area contributed by atoms with Crippen LogP contribution in [-0.4, -0.2) is 47.5 Å². The number of benzene rings is 1. The van der Waals surface area contributed by atoms with E-state index in [0.29, 0.717) is 22.3 Å². The Bertz CT molecular complexity index is 908. The molecule has 2 heterocycles. The number of imide groups is 2. The van der Waals surface area contributed by atoms with Crippen LogP contribution in [-0.2, 0) is 9.59 Å². The van der Waals surface area contributed by atoms with E-state index in [4.69, 9.17) is 0 Å². The number of hydrogen-bond acceptors (Lipinski definition) is 4. The van der Waals surface area contributed by atoms with Gasteiger partial charge in [0.25, 0.3) is 23.6 Å². The maximum absolute atomic E-state index is 12.2. The first-order chi connectivity index (χ1) is 11.4. The van der Waals surface area contributed by atoms with Gasteiger partial charge in [-0.15, -0.1) is 0 Å². The van der Waals surface area contributed by atoms with E-state index < -0.39 is 0 Å². The SMILES string of the molecule is CN1C(=O)C2=CC3c4cc5c(cc4C3C=C2C1=O)C(=O)N(C)C5=O. The molecule has 5 rings (SSSR count). The number of likely N-dealkylation sites (tertiary alicyclic amines) is 1. The largest absolute Gasteiger partial charge is 0.277 e. The molecule has 0 aromatic heterocycles.